The number of rotatable bonds is 4. The summed E-state index contributed by atoms with van der Waals surface area (Å²) in [6, 6.07) is 0.191. The van der Waals surface area contributed by atoms with Gasteiger partial charge in [-0.2, -0.15) is 0 Å². The first-order valence-electron chi connectivity index (χ1n) is 6.86. The smallest absolute Gasteiger partial charge is 0.354 e. The molecule has 2 rings (SSSR count). The zero-order valence-electron chi connectivity index (χ0n) is 11.5. The van der Waals surface area contributed by atoms with Gasteiger partial charge in [-0.05, 0) is 18.8 Å². The van der Waals surface area contributed by atoms with Crippen molar-refractivity contribution in [2.75, 3.05) is 10.7 Å². The number of anilines is 2. The molecule has 1 aliphatic rings. The molecule has 20 heavy (non-hydrogen) atoms. The maximum atomic E-state index is 11.2. The Bertz CT molecular complexity index is 481. The van der Waals surface area contributed by atoms with Crippen LogP contribution in [0.2, 0.25) is 0 Å². The average Bonchev–Trinajstić information content (AvgIpc) is 2.63. The van der Waals surface area contributed by atoms with Gasteiger partial charge in [0.1, 0.15) is 6.33 Å². The van der Waals surface area contributed by atoms with Crippen molar-refractivity contribution in [2.45, 2.75) is 45.1 Å². The van der Waals surface area contributed by atoms with E-state index in [4.69, 9.17) is 5.84 Å². The highest BCUT2D eigenvalue weighted by molar-refractivity contribution is 5.69. The van der Waals surface area contributed by atoms with Crippen LogP contribution < -0.4 is 16.6 Å². The van der Waals surface area contributed by atoms with Crippen molar-refractivity contribution < 1.29 is 4.92 Å². The molecule has 1 heterocycles. The van der Waals surface area contributed by atoms with Crippen LogP contribution in [0.3, 0.4) is 0 Å². The summed E-state index contributed by atoms with van der Waals surface area (Å²) in [4.78, 5) is 18.5. The van der Waals surface area contributed by atoms with E-state index in [1.54, 1.807) is 0 Å². The van der Waals surface area contributed by atoms with Crippen LogP contribution in [-0.2, 0) is 0 Å². The van der Waals surface area contributed by atoms with Gasteiger partial charge in [-0.1, -0.05) is 26.2 Å². The predicted octanol–water partition coefficient (Wildman–Crippen LogP) is 2.05. The Hall–Kier alpha value is -1.96. The lowest BCUT2D eigenvalue weighted by molar-refractivity contribution is -0.383. The monoisotopic (exact) mass is 280 g/mol. The highest BCUT2D eigenvalue weighted by Crippen LogP contribution is 2.32. The molecule has 110 valence electrons. The maximum Gasteiger partial charge on any atom is 0.354 e. The third-order valence-electron chi connectivity index (χ3n) is 3.83. The minimum Gasteiger partial charge on any atom is -0.361 e. The minimum atomic E-state index is -0.515. The van der Waals surface area contributed by atoms with Crippen LogP contribution in [0.25, 0.3) is 0 Å². The average molecular weight is 280 g/mol. The van der Waals surface area contributed by atoms with Gasteiger partial charge in [0.15, 0.2) is 0 Å². The molecule has 1 aliphatic carbocycles. The zero-order chi connectivity index (χ0) is 14.5. The Balaban J connectivity index is 2.25. The third-order valence-corrected chi connectivity index (χ3v) is 3.83. The van der Waals surface area contributed by atoms with Gasteiger partial charge in [0.2, 0.25) is 11.6 Å². The molecule has 1 saturated carbocycles. The fourth-order valence-corrected chi connectivity index (χ4v) is 2.65. The number of aromatic nitrogens is 2. The van der Waals surface area contributed by atoms with Crippen LogP contribution in [-0.4, -0.2) is 20.9 Å². The van der Waals surface area contributed by atoms with Crippen LogP contribution in [0.4, 0.5) is 17.3 Å². The van der Waals surface area contributed by atoms with E-state index in [0.29, 0.717) is 5.92 Å². The summed E-state index contributed by atoms with van der Waals surface area (Å²) in [5, 5.41) is 14.4. The number of nitro groups is 1. The van der Waals surface area contributed by atoms with Gasteiger partial charge >= 0.3 is 5.69 Å². The number of hydrogen-bond acceptors (Lipinski definition) is 7. The van der Waals surface area contributed by atoms with Crippen LogP contribution in [0.5, 0.6) is 0 Å². The molecule has 0 bridgehead atoms. The number of hydrogen-bond donors (Lipinski definition) is 3. The van der Waals surface area contributed by atoms with E-state index < -0.39 is 4.92 Å². The van der Waals surface area contributed by atoms with E-state index in [1.807, 2.05) is 0 Å². The predicted molar refractivity (Wildman–Crippen MR) is 76.2 cm³/mol. The number of nitrogens with one attached hydrogen (secondary N) is 2. The molecule has 0 spiro atoms. The second kappa shape index (κ2) is 6.47. The molecular formula is C12H20N6O2. The molecule has 8 heteroatoms. The van der Waals surface area contributed by atoms with Crippen LogP contribution >= 0.6 is 0 Å². The summed E-state index contributed by atoms with van der Waals surface area (Å²) < 4.78 is 0. The fourth-order valence-electron chi connectivity index (χ4n) is 2.65. The van der Waals surface area contributed by atoms with Crippen LogP contribution in [0.1, 0.15) is 39.0 Å². The Morgan fingerprint density at radius 2 is 2.00 bits per heavy atom. The number of nitrogens with zero attached hydrogens (tertiary/aromatic N) is 3. The van der Waals surface area contributed by atoms with Gasteiger partial charge in [0.25, 0.3) is 0 Å². The molecule has 0 aromatic carbocycles. The highest BCUT2D eigenvalue weighted by Gasteiger charge is 2.27. The van der Waals surface area contributed by atoms with Crippen molar-refractivity contribution in [1.82, 2.24) is 9.97 Å². The third kappa shape index (κ3) is 3.13. The zero-order valence-corrected chi connectivity index (χ0v) is 11.5. The molecule has 0 radical (unpaired) electrons. The molecular weight excluding hydrogens is 260 g/mol. The first-order valence-corrected chi connectivity index (χ1v) is 6.86. The summed E-state index contributed by atoms with van der Waals surface area (Å²) in [7, 11) is 0. The standard InChI is InChI=1S/C12H20N6O2/c1-8-5-3-2-4-6-9(8)16-11-10(18(19)20)12(17-13)15-7-14-11/h7-9H,2-6,13H2,1H3,(H2,14,15,16,17). The van der Waals surface area contributed by atoms with E-state index in [1.165, 1.54) is 19.2 Å². The fraction of sp³-hybridized carbons (Fsp3) is 0.667. The quantitative estimate of drug-likeness (QED) is 0.334. The molecule has 8 nitrogen and oxygen atoms in total. The summed E-state index contributed by atoms with van der Waals surface area (Å²) in [6.45, 7) is 2.16. The van der Waals surface area contributed by atoms with Crippen LogP contribution in [0, 0.1) is 16.0 Å². The number of nitrogens with two attached hydrogens (primary N) is 1. The molecule has 2 atom stereocenters. The first kappa shape index (κ1) is 14.4. The van der Waals surface area contributed by atoms with E-state index in [-0.39, 0.29) is 23.4 Å². The Morgan fingerprint density at radius 1 is 1.30 bits per heavy atom. The van der Waals surface area contributed by atoms with E-state index >= 15 is 0 Å². The van der Waals surface area contributed by atoms with Gasteiger partial charge in [0, 0.05) is 6.04 Å². The molecule has 1 aromatic heterocycles. The molecule has 2 unspecified atom stereocenters. The molecule has 1 aromatic rings. The van der Waals surface area contributed by atoms with Gasteiger partial charge < -0.3 is 10.7 Å². The molecule has 0 amide bonds. The first-order chi connectivity index (χ1) is 9.63. The van der Waals surface area contributed by atoms with Crippen molar-refractivity contribution in [2.24, 2.45) is 11.8 Å². The summed E-state index contributed by atoms with van der Waals surface area (Å²) in [5.41, 5.74) is 2.04. The number of hydrazine groups is 1. The van der Waals surface area contributed by atoms with Crippen molar-refractivity contribution in [1.29, 1.82) is 0 Å². The Morgan fingerprint density at radius 3 is 2.70 bits per heavy atom. The van der Waals surface area contributed by atoms with Crippen molar-refractivity contribution >= 4 is 17.3 Å². The molecule has 0 saturated heterocycles. The highest BCUT2D eigenvalue weighted by atomic mass is 16.6. The van der Waals surface area contributed by atoms with Crippen molar-refractivity contribution in [3.63, 3.8) is 0 Å². The van der Waals surface area contributed by atoms with Gasteiger partial charge in [-0.3, -0.25) is 10.1 Å². The van der Waals surface area contributed by atoms with Crippen LogP contribution in [0.15, 0.2) is 6.33 Å². The minimum absolute atomic E-state index is 0.0220. The summed E-state index contributed by atoms with van der Waals surface area (Å²) >= 11 is 0. The summed E-state index contributed by atoms with van der Waals surface area (Å²) in [5.74, 6) is 5.98. The topological polar surface area (TPSA) is 119 Å². The van der Waals surface area contributed by atoms with Gasteiger partial charge in [0.05, 0.1) is 4.92 Å². The maximum absolute atomic E-state index is 11.2. The summed E-state index contributed by atoms with van der Waals surface area (Å²) in [6.07, 6.45) is 6.94. The second-order valence-electron chi connectivity index (χ2n) is 5.19. The Kier molecular flexibility index (Phi) is 4.67. The second-order valence-corrected chi connectivity index (χ2v) is 5.19. The van der Waals surface area contributed by atoms with Gasteiger partial charge in [-0.25, -0.2) is 15.8 Å². The molecule has 4 N–H and O–H groups in total. The normalized spacial score (nSPS) is 22.9. The lowest BCUT2D eigenvalue weighted by atomic mass is 9.97. The van der Waals surface area contributed by atoms with Crippen molar-refractivity contribution in [3.05, 3.63) is 16.4 Å². The van der Waals surface area contributed by atoms with Gasteiger partial charge in [-0.15, -0.1) is 0 Å². The van der Waals surface area contributed by atoms with E-state index in [0.717, 1.165) is 19.3 Å². The number of nitrogen functional groups attached to an aromatic ring is 1. The SMILES string of the molecule is CC1CCCCCC1Nc1ncnc(NN)c1[N+](=O)[O-]. The molecule has 0 aliphatic heterocycles. The lowest BCUT2D eigenvalue weighted by Gasteiger charge is -2.23. The van der Waals surface area contributed by atoms with E-state index in [2.05, 4.69) is 27.6 Å². The van der Waals surface area contributed by atoms with E-state index in [9.17, 15) is 10.1 Å². The Labute approximate surface area is 117 Å². The lowest BCUT2D eigenvalue weighted by Crippen LogP contribution is -2.27. The molecule has 1 fully saturated rings. The largest absolute Gasteiger partial charge is 0.361 e. The van der Waals surface area contributed by atoms with Crippen molar-refractivity contribution in [3.8, 4) is 0 Å².